The third-order valence-electron chi connectivity index (χ3n) is 2.14. The van der Waals surface area contributed by atoms with E-state index >= 15 is 0 Å². The zero-order valence-electron chi connectivity index (χ0n) is 9.70. The van der Waals surface area contributed by atoms with Crippen molar-refractivity contribution in [3.8, 4) is 0 Å². The van der Waals surface area contributed by atoms with Gasteiger partial charge in [-0.25, -0.2) is 4.98 Å². The molecule has 1 atom stereocenters. The Morgan fingerprint density at radius 2 is 2.25 bits per heavy atom. The molecule has 0 bridgehead atoms. The number of pyridine rings is 1. The maximum atomic E-state index is 5.08. The molecule has 5 heteroatoms. The lowest BCUT2D eigenvalue weighted by molar-refractivity contribution is 0.201. The van der Waals surface area contributed by atoms with E-state index in [1.807, 2.05) is 20.2 Å². The normalized spacial score (nSPS) is 12.6. The minimum atomic E-state index is 0.303. The highest BCUT2D eigenvalue weighted by molar-refractivity contribution is 9.10. The zero-order chi connectivity index (χ0) is 12.1. The van der Waals surface area contributed by atoms with Crippen LogP contribution in [0, 0.1) is 6.92 Å². The van der Waals surface area contributed by atoms with Gasteiger partial charge in [0.15, 0.2) is 0 Å². The van der Waals surface area contributed by atoms with Gasteiger partial charge < -0.3 is 9.64 Å². The standard InChI is InChI=1S/C11H16Br2N2O/c1-8-4-10(13)11(14-5-8)15(2)6-9(12)7-16-3/h4-5,9H,6-7H2,1-3H3. The fourth-order valence-electron chi connectivity index (χ4n) is 1.42. The quantitative estimate of drug-likeness (QED) is 0.762. The summed E-state index contributed by atoms with van der Waals surface area (Å²) in [6.45, 7) is 3.57. The predicted octanol–water partition coefficient (Wildman–Crippen LogP) is 3.00. The number of aromatic nitrogens is 1. The Bertz CT molecular complexity index is 347. The van der Waals surface area contributed by atoms with Crippen LogP contribution < -0.4 is 4.90 Å². The van der Waals surface area contributed by atoms with Gasteiger partial charge in [-0.1, -0.05) is 15.9 Å². The molecular formula is C11H16Br2N2O. The van der Waals surface area contributed by atoms with Crippen molar-refractivity contribution in [2.45, 2.75) is 11.8 Å². The molecule has 0 aliphatic heterocycles. The van der Waals surface area contributed by atoms with Crippen molar-refractivity contribution in [3.05, 3.63) is 22.3 Å². The fraction of sp³-hybridized carbons (Fsp3) is 0.545. The van der Waals surface area contributed by atoms with Gasteiger partial charge in [0.05, 0.1) is 15.9 Å². The van der Waals surface area contributed by atoms with Gasteiger partial charge in [-0.05, 0) is 34.5 Å². The lowest BCUT2D eigenvalue weighted by Gasteiger charge is -2.22. The molecule has 0 amide bonds. The molecule has 0 N–H and O–H groups in total. The summed E-state index contributed by atoms with van der Waals surface area (Å²) in [5.74, 6) is 0.950. The van der Waals surface area contributed by atoms with Gasteiger partial charge in [-0.15, -0.1) is 0 Å². The van der Waals surface area contributed by atoms with Crippen molar-refractivity contribution < 1.29 is 4.74 Å². The Kier molecular flexibility index (Phi) is 5.72. The number of ether oxygens (including phenoxy) is 1. The molecule has 0 aliphatic rings. The van der Waals surface area contributed by atoms with Gasteiger partial charge in [0.1, 0.15) is 5.82 Å². The lowest BCUT2D eigenvalue weighted by Crippen LogP contribution is -2.29. The number of rotatable bonds is 5. The SMILES string of the molecule is COCC(Br)CN(C)c1ncc(C)cc1Br. The molecule has 0 radical (unpaired) electrons. The maximum absolute atomic E-state index is 5.08. The molecule has 0 saturated carbocycles. The van der Waals surface area contributed by atoms with Crippen LogP contribution >= 0.6 is 31.9 Å². The second-order valence-corrected chi connectivity index (χ2v) is 5.90. The molecule has 0 aliphatic carbocycles. The molecule has 3 nitrogen and oxygen atoms in total. The number of halogens is 2. The Hall–Kier alpha value is -0.130. The molecule has 0 spiro atoms. The average Bonchev–Trinajstić information content (AvgIpc) is 2.17. The van der Waals surface area contributed by atoms with Gasteiger partial charge in [0.25, 0.3) is 0 Å². The summed E-state index contributed by atoms with van der Waals surface area (Å²) >= 11 is 7.09. The van der Waals surface area contributed by atoms with Crippen LogP contribution in [-0.4, -0.2) is 37.1 Å². The van der Waals surface area contributed by atoms with Crippen molar-refractivity contribution in [1.29, 1.82) is 0 Å². The topological polar surface area (TPSA) is 25.4 Å². The number of aryl methyl sites for hydroxylation is 1. The largest absolute Gasteiger partial charge is 0.383 e. The van der Waals surface area contributed by atoms with Gasteiger partial charge in [0, 0.05) is 26.9 Å². The van der Waals surface area contributed by atoms with Gasteiger partial charge >= 0.3 is 0 Å². The molecule has 0 fully saturated rings. The fourth-order valence-corrected chi connectivity index (χ4v) is 2.89. The Morgan fingerprint density at radius 1 is 1.56 bits per heavy atom. The Labute approximate surface area is 113 Å². The molecule has 0 aromatic carbocycles. The van der Waals surface area contributed by atoms with Crippen LogP contribution in [0.4, 0.5) is 5.82 Å². The first kappa shape index (κ1) is 13.9. The third-order valence-corrected chi connectivity index (χ3v) is 3.28. The van der Waals surface area contributed by atoms with Crippen molar-refractivity contribution in [3.63, 3.8) is 0 Å². The van der Waals surface area contributed by atoms with Crippen molar-refractivity contribution in [1.82, 2.24) is 4.98 Å². The summed E-state index contributed by atoms with van der Waals surface area (Å²) in [6, 6.07) is 2.07. The molecule has 0 saturated heterocycles. The highest BCUT2D eigenvalue weighted by Crippen LogP contribution is 2.24. The van der Waals surface area contributed by atoms with Gasteiger partial charge in [-0.2, -0.15) is 0 Å². The van der Waals surface area contributed by atoms with E-state index in [0.717, 1.165) is 22.4 Å². The van der Waals surface area contributed by atoms with E-state index in [0.29, 0.717) is 11.4 Å². The van der Waals surface area contributed by atoms with Crippen LogP contribution in [0.5, 0.6) is 0 Å². The first-order valence-corrected chi connectivity index (χ1v) is 6.71. The number of methoxy groups -OCH3 is 1. The summed E-state index contributed by atoms with van der Waals surface area (Å²) < 4.78 is 6.10. The molecule has 16 heavy (non-hydrogen) atoms. The summed E-state index contributed by atoms with van der Waals surface area (Å²) in [6.07, 6.45) is 1.87. The van der Waals surface area contributed by atoms with Crippen molar-refractivity contribution in [2.24, 2.45) is 0 Å². The van der Waals surface area contributed by atoms with E-state index in [4.69, 9.17) is 4.74 Å². The Morgan fingerprint density at radius 3 is 2.81 bits per heavy atom. The van der Waals surface area contributed by atoms with Crippen molar-refractivity contribution in [2.75, 3.05) is 32.2 Å². The summed E-state index contributed by atoms with van der Waals surface area (Å²) in [5, 5.41) is 0. The second kappa shape index (κ2) is 6.57. The highest BCUT2D eigenvalue weighted by atomic mass is 79.9. The first-order chi connectivity index (χ1) is 7.54. The maximum Gasteiger partial charge on any atom is 0.142 e. The van der Waals surface area contributed by atoms with Crippen LogP contribution in [0.25, 0.3) is 0 Å². The smallest absolute Gasteiger partial charge is 0.142 e. The summed E-state index contributed by atoms with van der Waals surface area (Å²) in [4.78, 5) is 6.81. The lowest BCUT2D eigenvalue weighted by atomic mass is 10.3. The number of alkyl halides is 1. The predicted molar refractivity (Wildman–Crippen MR) is 74.5 cm³/mol. The molecule has 1 aromatic rings. The third kappa shape index (κ3) is 4.03. The number of hydrogen-bond acceptors (Lipinski definition) is 3. The molecule has 90 valence electrons. The van der Waals surface area contributed by atoms with Gasteiger partial charge in [0.2, 0.25) is 0 Å². The van der Waals surface area contributed by atoms with Crippen molar-refractivity contribution >= 4 is 37.7 Å². The number of hydrogen-bond donors (Lipinski definition) is 0. The average molecular weight is 352 g/mol. The molecule has 1 rings (SSSR count). The number of nitrogens with zero attached hydrogens (tertiary/aromatic N) is 2. The molecule has 1 heterocycles. The van der Waals surface area contributed by atoms with Crippen LogP contribution in [0.2, 0.25) is 0 Å². The van der Waals surface area contributed by atoms with E-state index < -0.39 is 0 Å². The van der Waals surface area contributed by atoms with E-state index in [-0.39, 0.29) is 0 Å². The highest BCUT2D eigenvalue weighted by Gasteiger charge is 2.12. The van der Waals surface area contributed by atoms with Crippen LogP contribution in [0.15, 0.2) is 16.7 Å². The second-order valence-electron chi connectivity index (χ2n) is 3.75. The van der Waals surface area contributed by atoms with E-state index in [9.17, 15) is 0 Å². The van der Waals surface area contributed by atoms with Crippen LogP contribution in [0.3, 0.4) is 0 Å². The number of anilines is 1. The van der Waals surface area contributed by atoms with Crippen LogP contribution in [-0.2, 0) is 4.74 Å². The van der Waals surface area contributed by atoms with Gasteiger partial charge in [-0.3, -0.25) is 0 Å². The zero-order valence-corrected chi connectivity index (χ0v) is 12.9. The van der Waals surface area contributed by atoms with E-state index in [1.54, 1.807) is 7.11 Å². The molecule has 1 aromatic heterocycles. The molecule has 1 unspecified atom stereocenters. The van der Waals surface area contributed by atoms with Crippen LogP contribution in [0.1, 0.15) is 5.56 Å². The minimum absolute atomic E-state index is 0.303. The minimum Gasteiger partial charge on any atom is -0.383 e. The molecular weight excluding hydrogens is 336 g/mol. The monoisotopic (exact) mass is 350 g/mol. The summed E-state index contributed by atoms with van der Waals surface area (Å²) in [7, 11) is 3.72. The van der Waals surface area contributed by atoms with E-state index in [1.165, 1.54) is 0 Å². The Balaban J connectivity index is 2.69. The van der Waals surface area contributed by atoms with E-state index in [2.05, 4.69) is 47.8 Å². The summed E-state index contributed by atoms with van der Waals surface area (Å²) in [5.41, 5.74) is 1.15. The first-order valence-electron chi connectivity index (χ1n) is 5.01.